The first kappa shape index (κ1) is 20.0. The van der Waals surface area contributed by atoms with E-state index in [4.69, 9.17) is 14.9 Å². The van der Waals surface area contributed by atoms with Gasteiger partial charge < -0.3 is 14.4 Å². The number of hydrogen-bond acceptors (Lipinski definition) is 7. The van der Waals surface area contributed by atoms with Crippen molar-refractivity contribution in [2.24, 2.45) is 0 Å². The molecule has 1 aromatic carbocycles. The maximum absolute atomic E-state index is 8.71. The second-order valence-electron chi connectivity index (χ2n) is 7.47. The van der Waals surface area contributed by atoms with Gasteiger partial charge in [-0.3, -0.25) is 5.41 Å². The van der Waals surface area contributed by atoms with Gasteiger partial charge >= 0.3 is 0 Å². The average molecular weight is 403 g/mol. The third kappa shape index (κ3) is 4.31. The van der Waals surface area contributed by atoms with Crippen molar-refractivity contribution < 1.29 is 9.47 Å². The molecule has 0 unspecified atom stereocenters. The Hall–Kier alpha value is -3.32. The van der Waals surface area contributed by atoms with Crippen LogP contribution in [0.2, 0.25) is 0 Å². The van der Waals surface area contributed by atoms with Gasteiger partial charge in [-0.1, -0.05) is 18.2 Å². The fraction of sp³-hybridized carbons (Fsp3) is 0.304. The van der Waals surface area contributed by atoms with Crippen LogP contribution in [0.15, 0.2) is 55.0 Å². The first-order chi connectivity index (χ1) is 14.5. The van der Waals surface area contributed by atoms with Crippen molar-refractivity contribution in [2.75, 3.05) is 25.1 Å². The van der Waals surface area contributed by atoms with Gasteiger partial charge in [-0.2, -0.15) is 0 Å². The van der Waals surface area contributed by atoms with Crippen molar-refractivity contribution in [3.8, 4) is 17.0 Å². The molecule has 2 atom stereocenters. The summed E-state index contributed by atoms with van der Waals surface area (Å²) in [5.41, 5.74) is 3.69. The molecule has 2 aromatic heterocycles. The topological polar surface area (TPSA) is 84.2 Å². The lowest BCUT2D eigenvalue weighted by Gasteiger charge is -2.36. The molecule has 7 heteroatoms. The largest absolute Gasteiger partial charge is 0.481 e. The van der Waals surface area contributed by atoms with Crippen LogP contribution >= 0.6 is 0 Å². The van der Waals surface area contributed by atoms with Crippen LogP contribution in [0.1, 0.15) is 25.1 Å². The molecule has 3 aromatic rings. The smallest absolute Gasteiger partial charge is 0.212 e. The Morgan fingerprint density at radius 2 is 1.83 bits per heavy atom. The van der Waals surface area contributed by atoms with Gasteiger partial charge in [0.2, 0.25) is 5.88 Å². The highest BCUT2D eigenvalue weighted by Crippen LogP contribution is 2.23. The van der Waals surface area contributed by atoms with Crippen LogP contribution in [0.3, 0.4) is 0 Å². The van der Waals surface area contributed by atoms with Gasteiger partial charge in [0.25, 0.3) is 0 Å². The number of aromatic nitrogens is 3. The van der Waals surface area contributed by atoms with Crippen molar-refractivity contribution in [2.45, 2.75) is 26.1 Å². The van der Waals surface area contributed by atoms with Crippen molar-refractivity contribution in [3.63, 3.8) is 0 Å². The molecule has 1 aliphatic heterocycles. The zero-order chi connectivity index (χ0) is 21.1. The minimum atomic E-state index is 0.140. The number of anilines is 1. The normalized spacial score (nSPS) is 18.8. The van der Waals surface area contributed by atoms with Crippen LogP contribution in [0, 0.1) is 5.41 Å². The summed E-state index contributed by atoms with van der Waals surface area (Å²) < 4.78 is 10.9. The molecule has 0 bridgehead atoms. The summed E-state index contributed by atoms with van der Waals surface area (Å²) >= 11 is 0. The Labute approximate surface area is 176 Å². The minimum Gasteiger partial charge on any atom is -0.481 e. The van der Waals surface area contributed by atoms with E-state index in [-0.39, 0.29) is 12.2 Å². The predicted octanol–water partition coefficient (Wildman–Crippen LogP) is 3.58. The van der Waals surface area contributed by atoms with E-state index in [9.17, 15) is 0 Å². The third-order valence-electron chi connectivity index (χ3n) is 5.08. The lowest BCUT2D eigenvalue weighted by atomic mass is 10.0. The number of ether oxygens (including phenoxy) is 2. The Balaban J connectivity index is 1.59. The zero-order valence-electron chi connectivity index (χ0n) is 17.4. The summed E-state index contributed by atoms with van der Waals surface area (Å²) in [6.07, 6.45) is 3.58. The van der Waals surface area contributed by atoms with E-state index in [1.807, 2.05) is 42.5 Å². The third-order valence-corrected chi connectivity index (χ3v) is 5.08. The monoisotopic (exact) mass is 403 g/mol. The minimum absolute atomic E-state index is 0.140. The lowest BCUT2D eigenvalue weighted by Crippen LogP contribution is -2.45. The number of nitrogens with zero attached hydrogens (tertiary/aromatic N) is 4. The summed E-state index contributed by atoms with van der Waals surface area (Å²) in [6, 6.07) is 13.5. The Bertz CT molecular complexity index is 1030. The molecular weight excluding hydrogens is 378 g/mol. The summed E-state index contributed by atoms with van der Waals surface area (Å²) in [4.78, 5) is 15.2. The van der Waals surface area contributed by atoms with Gasteiger partial charge in [-0.25, -0.2) is 15.0 Å². The number of hydrogen-bond donors (Lipinski definition) is 1. The van der Waals surface area contributed by atoms with E-state index in [1.54, 1.807) is 13.3 Å². The second-order valence-corrected chi connectivity index (χ2v) is 7.47. The summed E-state index contributed by atoms with van der Waals surface area (Å²) in [7, 11) is 1.60. The molecule has 154 valence electrons. The molecular formula is C23H25N5O2. The molecule has 4 rings (SSSR count). The van der Waals surface area contributed by atoms with Crippen molar-refractivity contribution in [1.29, 1.82) is 5.41 Å². The summed E-state index contributed by atoms with van der Waals surface area (Å²) in [6.45, 7) is 5.67. The lowest BCUT2D eigenvalue weighted by molar-refractivity contribution is -0.00546. The standard InChI is InChI=1S/C23H25N5O2/c1-15-12-28(13-16(2)30-15)21-10-20(26-14-27-21)23(24)18-6-4-5-17(9-18)19-7-8-22(29-3)25-11-19/h4-11,14-16,24H,12-13H2,1-3H3/t15-,16+. The maximum Gasteiger partial charge on any atom is 0.212 e. The highest BCUT2D eigenvalue weighted by atomic mass is 16.5. The molecule has 0 radical (unpaired) electrons. The van der Waals surface area contributed by atoms with Crippen LogP contribution in [-0.2, 0) is 4.74 Å². The molecule has 1 N–H and O–H groups in total. The number of pyridine rings is 1. The molecule has 0 saturated carbocycles. The van der Waals surface area contributed by atoms with E-state index in [0.717, 1.165) is 35.6 Å². The number of methoxy groups -OCH3 is 1. The highest BCUT2D eigenvalue weighted by molar-refractivity contribution is 6.10. The SMILES string of the molecule is COc1ccc(-c2cccc(C(=N)c3cc(N4C[C@@H](C)O[C@@H](C)C4)ncn3)c2)cn1. The Kier molecular flexibility index (Phi) is 5.72. The first-order valence-electron chi connectivity index (χ1n) is 9.95. The molecule has 1 fully saturated rings. The maximum atomic E-state index is 8.71. The Morgan fingerprint density at radius 3 is 2.53 bits per heavy atom. The zero-order valence-corrected chi connectivity index (χ0v) is 17.4. The van der Waals surface area contributed by atoms with E-state index in [1.165, 1.54) is 6.33 Å². The van der Waals surface area contributed by atoms with Crippen molar-refractivity contribution in [1.82, 2.24) is 15.0 Å². The summed E-state index contributed by atoms with van der Waals surface area (Å²) in [5, 5.41) is 8.71. The number of morpholine rings is 1. The van der Waals surface area contributed by atoms with Crippen molar-refractivity contribution in [3.05, 3.63) is 66.2 Å². The molecule has 0 amide bonds. The van der Waals surface area contributed by atoms with Gasteiger partial charge in [-0.05, 0) is 31.5 Å². The van der Waals surface area contributed by atoms with Crippen LogP contribution < -0.4 is 9.64 Å². The number of nitrogens with one attached hydrogen (secondary N) is 1. The van der Waals surface area contributed by atoms with Gasteiger partial charge in [0.05, 0.1) is 30.7 Å². The molecule has 0 spiro atoms. The van der Waals surface area contributed by atoms with Crippen LogP contribution in [0.4, 0.5) is 5.82 Å². The molecule has 30 heavy (non-hydrogen) atoms. The fourth-order valence-electron chi connectivity index (χ4n) is 3.70. The van der Waals surface area contributed by atoms with E-state index >= 15 is 0 Å². The fourth-order valence-corrected chi connectivity index (χ4v) is 3.70. The molecule has 1 aliphatic rings. The molecule has 7 nitrogen and oxygen atoms in total. The van der Waals surface area contributed by atoms with E-state index in [0.29, 0.717) is 17.3 Å². The van der Waals surface area contributed by atoms with E-state index < -0.39 is 0 Å². The first-order valence-corrected chi connectivity index (χ1v) is 9.95. The highest BCUT2D eigenvalue weighted by Gasteiger charge is 2.23. The Morgan fingerprint density at radius 1 is 1.03 bits per heavy atom. The molecule has 0 aliphatic carbocycles. The second kappa shape index (κ2) is 8.59. The van der Waals surface area contributed by atoms with Crippen LogP contribution in [0.5, 0.6) is 5.88 Å². The van der Waals surface area contributed by atoms with Crippen molar-refractivity contribution >= 4 is 11.5 Å². The average Bonchev–Trinajstić information content (AvgIpc) is 2.78. The molecule has 1 saturated heterocycles. The van der Waals surface area contributed by atoms with Gasteiger partial charge in [0, 0.05) is 42.5 Å². The quantitative estimate of drug-likeness (QED) is 0.656. The number of benzene rings is 1. The predicted molar refractivity (Wildman–Crippen MR) is 116 cm³/mol. The van der Waals surface area contributed by atoms with Gasteiger partial charge in [-0.15, -0.1) is 0 Å². The van der Waals surface area contributed by atoms with Gasteiger partial charge in [0.1, 0.15) is 12.1 Å². The van der Waals surface area contributed by atoms with Crippen LogP contribution in [0.25, 0.3) is 11.1 Å². The van der Waals surface area contributed by atoms with Gasteiger partial charge in [0.15, 0.2) is 0 Å². The van der Waals surface area contributed by atoms with E-state index in [2.05, 4.69) is 33.7 Å². The molecule has 3 heterocycles. The summed E-state index contributed by atoms with van der Waals surface area (Å²) in [5.74, 6) is 1.39. The number of rotatable bonds is 5. The van der Waals surface area contributed by atoms with Crippen LogP contribution in [-0.4, -0.2) is 53.1 Å².